The van der Waals surface area contributed by atoms with E-state index in [-0.39, 0.29) is 0 Å². The van der Waals surface area contributed by atoms with E-state index >= 15 is 0 Å². The largest absolute Gasteiger partial charge is 0.468 e. The molecule has 31 heavy (non-hydrogen) atoms. The fraction of sp³-hybridized carbons (Fsp3) is 0.522. The summed E-state index contributed by atoms with van der Waals surface area (Å²) < 4.78 is 16.5. The second-order valence-corrected chi connectivity index (χ2v) is 7.64. The van der Waals surface area contributed by atoms with Gasteiger partial charge in [0.2, 0.25) is 5.71 Å². The topological polar surface area (TPSA) is 93.6 Å². The third-order valence-corrected chi connectivity index (χ3v) is 5.39. The molecule has 0 aliphatic carbocycles. The second kappa shape index (κ2) is 10.4. The maximum atomic E-state index is 12.5. The van der Waals surface area contributed by atoms with Gasteiger partial charge in [-0.1, -0.05) is 6.92 Å². The molecule has 0 fully saturated rings. The maximum Gasteiger partial charge on any atom is 0.342 e. The summed E-state index contributed by atoms with van der Waals surface area (Å²) in [5.41, 5.74) is 0.785. The fourth-order valence-corrected chi connectivity index (χ4v) is 3.60. The van der Waals surface area contributed by atoms with Crippen molar-refractivity contribution in [3.8, 4) is 0 Å². The van der Waals surface area contributed by atoms with Crippen molar-refractivity contribution in [3.63, 3.8) is 0 Å². The van der Waals surface area contributed by atoms with Gasteiger partial charge in [0.05, 0.1) is 24.8 Å². The second-order valence-electron chi connectivity index (χ2n) is 7.64. The molecule has 3 aromatic heterocycles. The Balaban J connectivity index is 1.72. The number of anilines is 1. The Morgan fingerprint density at radius 1 is 1.29 bits per heavy atom. The van der Waals surface area contributed by atoms with Crippen LogP contribution in [0.15, 0.2) is 27.2 Å². The summed E-state index contributed by atoms with van der Waals surface area (Å²) in [5, 5.41) is 3.96. The molecule has 0 unspecified atom stereocenters. The van der Waals surface area contributed by atoms with Crippen molar-refractivity contribution < 1.29 is 18.4 Å². The van der Waals surface area contributed by atoms with E-state index in [9.17, 15) is 4.79 Å². The van der Waals surface area contributed by atoms with Crippen LogP contribution in [0.2, 0.25) is 0 Å². The van der Waals surface area contributed by atoms with E-state index in [1.807, 2.05) is 12.1 Å². The predicted molar refractivity (Wildman–Crippen MR) is 119 cm³/mol. The Bertz CT molecular complexity index is 997. The van der Waals surface area contributed by atoms with Crippen LogP contribution in [0.5, 0.6) is 0 Å². The number of carbonyl (C=O) groups excluding carboxylic acids is 1. The molecular weight excluding hydrogens is 396 g/mol. The van der Waals surface area contributed by atoms with Crippen LogP contribution >= 0.6 is 0 Å². The zero-order valence-corrected chi connectivity index (χ0v) is 19.0. The van der Waals surface area contributed by atoms with E-state index in [1.54, 1.807) is 27.0 Å². The first-order valence-electron chi connectivity index (χ1n) is 10.9. The van der Waals surface area contributed by atoms with Crippen LogP contribution in [0.4, 0.5) is 5.82 Å². The number of aromatic nitrogens is 2. The highest BCUT2D eigenvalue weighted by Gasteiger charge is 2.24. The van der Waals surface area contributed by atoms with Crippen LogP contribution in [0.1, 0.15) is 61.3 Å². The number of esters is 1. The van der Waals surface area contributed by atoms with Gasteiger partial charge in [-0.3, -0.25) is 4.90 Å². The summed E-state index contributed by atoms with van der Waals surface area (Å²) in [6.45, 7) is 12.4. The Kier molecular flexibility index (Phi) is 7.68. The number of ether oxygens (including phenoxy) is 1. The minimum absolute atomic E-state index is 0.293. The number of rotatable bonds is 11. The van der Waals surface area contributed by atoms with E-state index in [4.69, 9.17) is 13.6 Å². The summed E-state index contributed by atoms with van der Waals surface area (Å²) in [7, 11) is 0. The van der Waals surface area contributed by atoms with E-state index in [1.165, 1.54) is 0 Å². The summed E-state index contributed by atoms with van der Waals surface area (Å²) in [5.74, 6) is 2.21. The Hall–Kier alpha value is -2.87. The summed E-state index contributed by atoms with van der Waals surface area (Å²) in [4.78, 5) is 23.8. The van der Waals surface area contributed by atoms with Crippen LogP contribution in [-0.4, -0.2) is 46.6 Å². The van der Waals surface area contributed by atoms with Gasteiger partial charge in [0.15, 0.2) is 0 Å². The quantitative estimate of drug-likeness (QED) is 0.347. The molecule has 8 nitrogen and oxygen atoms in total. The molecular formula is C23H32N4O4. The van der Waals surface area contributed by atoms with E-state index in [0.717, 1.165) is 31.7 Å². The first-order valence-corrected chi connectivity index (χ1v) is 10.9. The van der Waals surface area contributed by atoms with Crippen molar-refractivity contribution in [2.24, 2.45) is 0 Å². The molecule has 0 aromatic carbocycles. The molecule has 0 saturated carbocycles. The summed E-state index contributed by atoms with van der Waals surface area (Å²) in [6.07, 6.45) is 3.68. The first-order chi connectivity index (χ1) is 14.9. The number of hydrogen-bond acceptors (Lipinski definition) is 8. The van der Waals surface area contributed by atoms with Crippen LogP contribution in [-0.2, 0) is 11.3 Å². The van der Waals surface area contributed by atoms with Crippen LogP contribution in [0.3, 0.4) is 0 Å². The monoisotopic (exact) mass is 428 g/mol. The van der Waals surface area contributed by atoms with Crippen molar-refractivity contribution in [1.29, 1.82) is 0 Å². The highest BCUT2D eigenvalue weighted by Crippen LogP contribution is 2.30. The average Bonchev–Trinajstić information content (AvgIpc) is 3.36. The summed E-state index contributed by atoms with van der Waals surface area (Å²) in [6, 6.07) is 4.37. The molecule has 0 aliphatic heterocycles. The number of furan rings is 2. The number of hydrogen-bond donors (Lipinski definition) is 1. The lowest BCUT2D eigenvalue weighted by Crippen LogP contribution is -2.33. The zero-order chi connectivity index (χ0) is 22.4. The van der Waals surface area contributed by atoms with Crippen LogP contribution in [0.25, 0.3) is 11.1 Å². The molecule has 1 N–H and O–H groups in total. The maximum absolute atomic E-state index is 12.5. The first kappa shape index (κ1) is 22.8. The molecule has 168 valence electrons. The van der Waals surface area contributed by atoms with Crippen molar-refractivity contribution in [3.05, 3.63) is 41.3 Å². The number of nitrogens with one attached hydrogen (secondary N) is 1. The predicted octanol–water partition coefficient (Wildman–Crippen LogP) is 4.71. The smallest absolute Gasteiger partial charge is 0.342 e. The minimum atomic E-state index is -0.421. The van der Waals surface area contributed by atoms with E-state index in [2.05, 4.69) is 34.0 Å². The molecule has 0 bridgehead atoms. The molecule has 0 spiro atoms. The third-order valence-electron chi connectivity index (χ3n) is 5.39. The van der Waals surface area contributed by atoms with Gasteiger partial charge in [0.25, 0.3) is 0 Å². The molecule has 3 aromatic rings. The highest BCUT2D eigenvalue weighted by atomic mass is 16.5. The van der Waals surface area contributed by atoms with Crippen molar-refractivity contribution in [2.75, 3.05) is 25.0 Å². The summed E-state index contributed by atoms with van der Waals surface area (Å²) >= 11 is 0. The molecule has 1 atom stereocenters. The lowest BCUT2D eigenvalue weighted by atomic mass is 10.1. The lowest BCUT2D eigenvalue weighted by molar-refractivity contribution is 0.0526. The van der Waals surface area contributed by atoms with Crippen molar-refractivity contribution >= 4 is 22.9 Å². The Morgan fingerprint density at radius 3 is 2.77 bits per heavy atom. The van der Waals surface area contributed by atoms with Gasteiger partial charge < -0.3 is 18.9 Å². The number of nitrogens with zero attached hydrogens (tertiary/aromatic N) is 3. The standard InChI is InChI=1S/C23H32N4O4/c1-6-15(3)27(14-18-10-8-13-30-18)12-9-11-24-21-20-19(23(28)29-7-2)16(4)31-22(20)26-17(5)25-21/h8,10,13,15H,6-7,9,11-12,14H2,1-5H3,(H,24,25,26)/t15-/m0/s1. The molecule has 3 heterocycles. The molecule has 0 saturated heterocycles. The molecule has 0 radical (unpaired) electrons. The zero-order valence-electron chi connectivity index (χ0n) is 19.0. The number of aryl methyl sites for hydroxylation is 2. The van der Waals surface area contributed by atoms with Gasteiger partial charge in [-0.05, 0) is 52.7 Å². The number of fused-ring (bicyclic) bond motifs is 1. The van der Waals surface area contributed by atoms with Crippen molar-refractivity contribution in [2.45, 2.75) is 60.0 Å². The van der Waals surface area contributed by atoms with Crippen LogP contribution in [0, 0.1) is 13.8 Å². The highest BCUT2D eigenvalue weighted by molar-refractivity contribution is 6.07. The van der Waals surface area contributed by atoms with Gasteiger partial charge >= 0.3 is 5.97 Å². The minimum Gasteiger partial charge on any atom is -0.468 e. The Morgan fingerprint density at radius 2 is 2.10 bits per heavy atom. The molecule has 0 amide bonds. The SMILES string of the molecule is CCOC(=O)c1c(C)oc2nc(C)nc(NCCCN(Cc3ccco3)[C@@H](C)CC)c12. The lowest BCUT2D eigenvalue weighted by Gasteiger charge is -2.27. The van der Waals surface area contributed by atoms with Gasteiger partial charge in [-0.2, -0.15) is 4.98 Å². The Labute approximate surface area is 183 Å². The van der Waals surface area contributed by atoms with Gasteiger partial charge in [-0.25, -0.2) is 9.78 Å². The molecule has 3 rings (SSSR count). The molecule has 8 heteroatoms. The third kappa shape index (κ3) is 5.44. The van der Waals surface area contributed by atoms with Gasteiger partial charge in [0.1, 0.15) is 28.7 Å². The normalized spacial score (nSPS) is 12.5. The number of carbonyl (C=O) groups is 1. The van der Waals surface area contributed by atoms with E-state index in [0.29, 0.717) is 53.3 Å². The molecule has 0 aliphatic rings. The van der Waals surface area contributed by atoms with Crippen molar-refractivity contribution in [1.82, 2.24) is 14.9 Å². The van der Waals surface area contributed by atoms with Gasteiger partial charge in [0, 0.05) is 19.1 Å². The van der Waals surface area contributed by atoms with E-state index < -0.39 is 5.97 Å². The fourth-order valence-electron chi connectivity index (χ4n) is 3.60. The average molecular weight is 429 g/mol. The van der Waals surface area contributed by atoms with Crippen LogP contribution < -0.4 is 5.32 Å². The van der Waals surface area contributed by atoms with Gasteiger partial charge in [-0.15, -0.1) is 0 Å².